The third-order valence-electron chi connectivity index (χ3n) is 5.39. The molecule has 10 heteroatoms. The number of alkyl halides is 1. The number of halogens is 1. The van der Waals surface area contributed by atoms with Crippen molar-refractivity contribution in [3.05, 3.63) is 33.1 Å². The molecule has 0 aliphatic carbocycles. The number of aliphatic hydroxyl groups excluding tert-OH is 1. The number of nitrogens with one attached hydrogen (secondary N) is 2. The van der Waals surface area contributed by atoms with E-state index in [9.17, 15) is 19.5 Å². The summed E-state index contributed by atoms with van der Waals surface area (Å²) in [7, 11) is 0. The normalized spacial score (nSPS) is 30.2. The van der Waals surface area contributed by atoms with Crippen LogP contribution in [-0.4, -0.2) is 52.3 Å². The molecule has 0 radical (unpaired) electrons. The summed E-state index contributed by atoms with van der Waals surface area (Å²) in [6.45, 7) is 2.60. The van der Waals surface area contributed by atoms with Gasteiger partial charge in [0.05, 0.1) is 5.41 Å². The summed E-state index contributed by atoms with van der Waals surface area (Å²) in [5.41, 5.74) is -2.09. The molecule has 27 heavy (non-hydrogen) atoms. The van der Waals surface area contributed by atoms with Gasteiger partial charge in [0, 0.05) is 18.7 Å². The minimum absolute atomic E-state index is 0.461. The molecule has 0 unspecified atom stereocenters. The van der Waals surface area contributed by atoms with Gasteiger partial charge in [0.1, 0.15) is 6.10 Å². The van der Waals surface area contributed by atoms with Gasteiger partial charge in [0.2, 0.25) is 5.85 Å². The van der Waals surface area contributed by atoms with Crippen LogP contribution in [0.25, 0.3) is 0 Å². The highest BCUT2D eigenvalue weighted by Gasteiger charge is 2.50. The Morgan fingerprint density at radius 3 is 2.78 bits per heavy atom. The fraction of sp³-hybridized carbons (Fsp3) is 0.706. The van der Waals surface area contributed by atoms with Crippen LogP contribution in [-0.2, 0) is 14.3 Å². The van der Waals surface area contributed by atoms with E-state index in [1.54, 1.807) is 0 Å². The SMILES string of the molecule is CCC1(C(=O)OC[C@]2(F)C[C@@H](O)[C@H](n3ccc(=O)[nH]c3=O)O2)CCNCC1. The number of hydrogen-bond donors (Lipinski definition) is 3. The number of aromatic amines is 1. The standard InChI is InChI=1S/C17H24FN3O6/c1-2-16(4-6-19-7-5-16)14(24)26-10-17(18)9-11(22)13(27-17)21-8-3-12(23)20-15(21)25/h3,8,11,13,19,22H,2,4-7,9-10H2,1H3,(H,20,23,25)/t11-,13-,17+/m1/s1. The quantitative estimate of drug-likeness (QED) is 0.600. The fourth-order valence-electron chi connectivity index (χ4n) is 3.65. The first-order chi connectivity index (χ1) is 12.8. The molecule has 0 spiro atoms. The fourth-order valence-corrected chi connectivity index (χ4v) is 3.65. The lowest BCUT2D eigenvalue weighted by Gasteiger charge is -2.35. The Morgan fingerprint density at radius 2 is 2.15 bits per heavy atom. The van der Waals surface area contributed by atoms with Gasteiger partial charge in [-0.3, -0.25) is 19.1 Å². The monoisotopic (exact) mass is 385 g/mol. The van der Waals surface area contributed by atoms with Crippen LogP contribution in [0.5, 0.6) is 0 Å². The van der Waals surface area contributed by atoms with Crippen LogP contribution in [0.1, 0.15) is 38.8 Å². The van der Waals surface area contributed by atoms with Crippen molar-refractivity contribution in [1.29, 1.82) is 0 Å². The van der Waals surface area contributed by atoms with E-state index in [0.717, 1.165) is 16.8 Å². The maximum Gasteiger partial charge on any atom is 0.330 e. The van der Waals surface area contributed by atoms with Gasteiger partial charge < -0.3 is 19.9 Å². The van der Waals surface area contributed by atoms with Gasteiger partial charge >= 0.3 is 11.7 Å². The molecule has 3 atom stereocenters. The lowest BCUT2D eigenvalue weighted by atomic mass is 9.77. The van der Waals surface area contributed by atoms with E-state index in [2.05, 4.69) is 5.32 Å². The van der Waals surface area contributed by atoms with Crippen molar-refractivity contribution in [2.24, 2.45) is 5.41 Å². The highest BCUT2D eigenvalue weighted by molar-refractivity contribution is 5.77. The van der Waals surface area contributed by atoms with Crippen molar-refractivity contribution in [3.8, 4) is 0 Å². The average Bonchev–Trinajstić information content (AvgIpc) is 2.95. The molecule has 3 heterocycles. The second-order valence-corrected chi connectivity index (χ2v) is 7.14. The Labute approximate surface area is 154 Å². The first-order valence-electron chi connectivity index (χ1n) is 9.03. The molecular formula is C17H24FN3O6. The molecule has 9 nitrogen and oxygen atoms in total. The highest BCUT2D eigenvalue weighted by Crippen LogP contribution is 2.39. The van der Waals surface area contributed by atoms with Crippen LogP contribution >= 0.6 is 0 Å². The number of hydrogen-bond acceptors (Lipinski definition) is 7. The minimum Gasteiger partial charge on any atom is -0.459 e. The first-order valence-corrected chi connectivity index (χ1v) is 9.03. The second kappa shape index (κ2) is 7.53. The molecule has 0 bridgehead atoms. The Bertz CT molecular complexity index is 802. The van der Waals surface area contributed by atoms with Crippen LogP contribution in [0.15, 0.2) is 21.9 Å². The average molecular weight is 385 g/mol. The number of aromatic nitrogens is 2. The van der Waals surface area contributed by atoms with Gasteiger partial charge in [0.25, 0.3) is 5.56 Å². The maximum atomic E-state index is 15.0. The van der Waals surface area contributed by atoms with Crippen LogP contribution in [0.4, 0.5) is 4.39 Å². The minimum atomic E-state index is -2.42. The van der Waals surface area contributed by atoms with Crippen molar-refractivity contribution in [1.82, 2.24) is 14.9 Å². The highest BCUT2D eigenvalue weighted by atomic mass is 19.2. The number of piperidine rings is 1. The zero-order chi connectivity index (χ0) is 19.7. The van der Waals surface area contributed by atoms with Crippen molar-refractivity contribution < 1.29 is 23.8 Å². The number of esters is 1. The van der Waals surface area contributed by atoms with E-state index < -0.39 is 53.8 Å². The molecule has 2 aliphatic rings. The van der Waals surface area contributed by atoms with E-state index in [1.807, 2.05) is 11.9 Å². The molecule has 3 N–H and O–H groups in total. The van der Waals surface area contributed by atoms with Crippen LogP contribution in [0.3, 0.4) is 0 Å². The molecule has 0 saturated carbocycles. The maximum absolute atomic E-state index is 15.0. The molecule has 1 aromatic rings. The van der Waals surface area contributed by atoms with Crippen LogP contribution < -0.4 is 16.6 Å². The smallest absolute Gasteiger partial charge is 0.330 e. The zero-order valence-corrected chi connectivity index (χ0v) is 15.1. The molecule has 3 rings (SSSR count). The topological polar surface area (TPSA) is 123 Å². The van der Waals surface area contributed by atoms with Gasteiger partial charge in [-0.1, -0.05) is 6.92 Å². The molecule has 2 fully saturated rings. The summed E-state index contributed by atoms with van der Waals surface area (Å²) < 4.78 is 26.3. The predicted octanol–water partition coefficient (Wildman–Crippen LogP) is -0.195. The van der Waals surface area contributed by atoms with Crippen molar-refractivity contribution in [3.63, 3.8) is 0 Å². The number of carbonyl (C=O) groups excluding carboxylic acids is 1. The Balaban J connectivity index is 1.68. The van der Waals surface area contributed by atoms with E-state index >= 15 is 4.39 Å². The largest absolute Gasteiger partial charge is 0.459 e. The number of rotatable bonds is 5. The van der Waals surface area contributed by atoms with Gasteiger partial charge in [-0.25, -0.2) is 9.18 Å². The van der Waals surface area contributed by atoms with E-state index in [1.165, 1.54) is 0 Å². The Kier molecular flexibility index (Phi) is 5.50. The summed E-state index contributed by atoms with van der Waals surface area (Å²) >= 11 is 0. The van der Waals surface area contributed by atoms with Crippen LogP contribution in [0.2, 0.25) is 0 Å². The Morgan fingerprint density at radius 1 is 1.44 bits per heavy atom. The van der Waals surface area contributed by atoms with Gasteiger partial charge in [-0.05, 0) is 32.4 Å². The number of aliphatic hydroxyl groups is 1. The lowest BCUT2D eigenvalue weighted by molar-refractivity contribution is -0.202. The summed E-state index contributed by atoms with van der Waals surface area (Å²) in [5, 5.41) is 13.3. The van der Waals surface area contributed by atoms with Gasteiger partial charge in [0.15, 0.2) is 12.8 Å². The summed E-state index contributed by atoms with van der Waals surface area (Å²) in [4.78, 5) is 37.5. The lowest BCUT2D eigenvalue weighted by Crippen LogP contribution is -2.44. The number of ether oxygens (including phenoxy) is 2. The Hall–Kier alpha value is -2.04. The molecule has 2 saturated heterocycles. The molecule has 2 aliphatic heterocycles. The van der Waals surface area contributed by atoms with E-state index in [0.29, 0.717) is 32.4 Å². The summed E-state index contributed by atoms with van der Waals surface area (Å²) in [6.07, 6.45) is -0.189. The van der Waals surface area contributed by atoms with Crippen molar-refractivity contribution >= 4 is 5.97 Å². The predicted molar refractivity (Wildman–Crippen MR) is 91.7 cm³/mol. The first kappa shape index (κ1) is 19.7. The number of nitrogens with zero attached hydrogens (tertiary/aromatic N) is 1. The van der Waals surface area contributed by atoms with Crippen LogP contribution in [0, 0.1) is 5.41 Å². The number of H-pyrrole nitrogens is 1. The van der Waals surface area contributed by atoms with Gasteiger partial charge in [-0.2, -0.15) is 0 Å². The molecular weight excluding hydrogens is 361 g/mol. The molecule has 1 aromatic heterocycles. The van der Waals surface area contributed by atoms with Crippen molar-refractivity contribution in [2.45, 2.75) is 50.8 Å². The molecule has 0 amide bonds. The third-order valence-corrected chi connectivity index (χ3v) is 5.39. The van der Waals surface area contributed by atoms with E-state index in [4.69, 9.17) is 9.47 Å². The second-order valence-electron chi connectivity index (χ2n) is 7.14. The molecule has 0 aromatic carbocycles. The molecule has 150 valence electrons. The van der Waals surface area contributed by atoms with Crippen molar-refractivity contribution in [2.75, 3.05) is 19.7 Å². The summed E-state index contributed by atoms with van der Waals surface area (Å²) in [5.74, 6) is -2.90. The number of carbonyl (C=O) groups is 1. The zero-order valence-electron chi connectivity index (χ0n) is 15.1. The van der Waals surface area contributed by atoms with E-state index in [-0.39, 0.29) is 0 Å². The summed E-state index contributed by atoms with van der Waals surface area (Å²) in [6, 6.07) is 1.07. The third kappa shape index (κ3) is 3.97. The van der Waals surface area contributed by atoms with Gasteiger partial charge in [-0.15, -0.1) is 0 Å².